The lowest BCUT2D eigenvalue weighted by atomic mass is 10.1. The fourth-order valence-corrected chi connectivity index (χ4v) is 1.69. The molecule has 3 heteroatoms. The summed E-state index contributed by atoms with van der Waals surface area (Å²) in [5.41, 5.74) is 3.83. The highest BCUT2D eigenvalue weighted by atomic mass is 32.2. The molecule has 1 rings (SSSR count). The number of allylic oxidation sites excluding steroid dienone is 1. The normalized spacial score (nSPS) is 11.5. The molecule has 0 saturated heterocycles. The van der Waals surface area contributed by atoms with E-state index in [1.54, 1.807) is 11.9 Å². The monoisotopic (exact) mass is 222 g/mol. The topological polar surface area (TPSA) is 24.1 Å². The van der Waals surface area contributed by atoms with E-state index in [-0.39, 0.29) is 0 Å². The van der Waals surface area contributed by atoms with Crippen molar-refractivity contribution >= 4 is 17.5 Å². The summed E-state index contributed by atoms with van der Waals surface area (Å²) in [6.07, 6.45) is 4.05. The van der Waals surface area contributed by atoms with Crippen molar-refractivity contribution in [1.29, 1.82) is 0 Å². The minimum absolute atomic E-state index is 0.905. The van der Waals surface area contributed by atoms with Crippen LogP contribution in [0.25, 0.3) is 5.57 Å². The second kappa shape index (κ2) is 6.53. The van der Waals surface area contributed by atoms with Crippen LogP contribution in [-0.4, -0.2) is 13.3 Å². The minimum atomic E-state index is 0.905. The van der Waals surface area contributed by atoms with Crippen LogP contribution in [0, 0.1) is 0 Å². The summed E-state index contributed by atoms with van der Waals surface area (Å²) in [6.45, 7) is 3.01. The van der Waals surface area contributed by atoms with Gasteiger partial charge in [0.25, 0.3) is 0 Å². The zero-order valence-electron chi connectivity index (χ0n) is 9.50. The van der Waals surface area contributed by atoms with Gasteiger partial charge in [-0.15, -0.1) is 0 Å². The first-order valence-electron chi connectivity index (χ1n) is 4.97. The van der Waals surface area contributed by atoms with Crippen LogP contribution in [0.1, 0.15) is 18.1 Å². The lowest BCUT2D eigenvalue weighted by molar-refractivity contribution is 0.978. The zero-order valence-corrected chi connectivity index (χ0v) is 10.3. The van der Waals surface area contributed by atoms with Crippen molar-refractivity contribution in [3.05, 3.63) is 41.6 Å². The third kappa shape index (κ3) is 3.98. The molecule has 1 aromatic carbocycles. The van der Waals surface area contributed by atoms with Gasteiger partial charge in [0.1, 0.15) is 0 Å². The Hall–Kier alpha value is -0.930. The number of benzene rings is 1. The average Bonchev–Trinajstić information content (AvgIpc) is 2.27. The Morgan fingerprint density at radius 3 is 2.93 bits per heavy atom. The second-order valence-electron chi connectivity index (χ2n) is 3.34. The van der Waals surface area contributed by atoms with Gasteiger partial charge in [0, 0.05) is 13.6 Å². The first-order chi connectivity index (χ1) is 7.27. The molecule has 0 unspecified atom stereocenters. The number of hydrogen-bond donors (Lipinski definition) is 2. The highest BCUT2D eigenvalue weighted by molar-refractivity contribution is 7.96. The van der Waals surface area contributed by atoms with Gasteiger partial charge in [-0.2, -0.15) is 0 Å². The number of hydrogen-bond acceptors (Lipinski definition) is 3. The van der Waals surface area contributed by atoms with Gasteiger partial charge < -0.3 is 5.32 Å². The van der Waals surface area contributed by atoms with Gasteiger partial charge in [-0.1, -0.05) is 36.2 Å². The fourth-order valence-electron chi connectivity index (χ4n) is 1.38. The summed E-state index contributed by atoms with van der Waals surface area (Å²) < 4.78 is 3.24. The molecule has 0 aliphatic carbocycles. The Kier molecular flexibility index (Phi) is 5.29. The molecule has 1 aromatic rings. The molecule has 0 aromatic heterocycles. The lowest BCUT2D eigenvalue weighted by Gasteiger charge is -2.06. The molecule has 2 N–H and O–H groups in total. The number of nitrogens with one attached hydrogen (secondary N) is 2. The van der Waals surface area contributed by atoms with E-state index in [1.807, 2.05) is 19.5 Å². The molecule has 0 fully saturated rings. The Morgan fingerprint density at radius 1 is 1.47 bits per heavy atom. The molecule has 0 saturated carbocycles. The van der Waals surface area contributed by atoms with Crippen LogP contribution in [-0.2, 0) is 6.54 Å². The lowest BCUT2D eigenvalue weighted by Crippen LogP contribution is -2.02. The molecule has 2 nitrogen and oxygen atoms in total. The first-order valence-corrected chi connectivity index (χ1v) is 6.19. The predicted molar refractivity (Wildman–Crippen MR) is 69.5 cm³/mol. The largest absolute Gasteiger partial charge is 0.394 e. The van der Waals surface area contributed by atoms with E-state index in [0.717, 1.165) is 6.54 Å². The molecule has 0 bridgehead atoms. The van der Waals surface area contributed by atoms with E-state index in [0.29, 0.717) is 0 Å². The smallest absolute Gasteiger partial charge is 0.0310 e. The standard InChI is InChI=1S/C12H18N2S/c1-10(8-13-2)12-6-4-5-11(7-12)9-14-15-3/h4-8,13-14H,9H2,1-3H3/b10-8+. The van der Waals surface area contributed by atoms with E-state index in [9.17, 15) is 0 Å². The maximum atomic E-state index is 3.24. The fraction of sp³-hybridized carbons (Fsp3) is 0.333. The van der Waals surface area contributed by atoms with Gasteiger partial charge in [0.15, 0.2) is 0 Å². The van der Waals surface area contributed by atoms with Gasteiger partial charge in [-0.05, 0) is 36.1 Å². The molecule has 82 valence electrons. The van der Waals surface area contributed by atoms with Crippen LogP contribution in [0.4, 0.5) is 0 Å². The third-order valence-corrected chi connectivity index (χ3v) is 2.60. The third-order valence-electron chi connectivity index (χ3n) is 2.16. The Labute approximate surface area is 96.3 Å². The molecule has 15 heavy (non-hydrogen) atoms. The Bertz CT molecular complexity index is 334. The molecule has 0 heterocycles. The molecule has 0 amide bonds. The van der Waals surface area contributed by atoms with Crippen LogP contribution in [0.5, 0.6) is 0 Å². The molecule has 0 aliphatic heterocycles. The van der Waals surface area contributed by atoms with Crippen molar-refractivity contribution < 1.29 is 0 Å². The summed E-state index contributed by atoms with van der Waals surface area (Å²) in [7, 11) is 1.92. The van der Waals surface area contributed by atoms with Crippen molar-refractivity contribution in [3.63, 3.8) is 0 Å². The molecular formula is C12H18N2S. The molecule has 0 aliphatic rings. The second-order valence-corrected chi connectivity index (χ2v) is 4.04. The van der Waals surface area contributed by atoms with Gasteiger partial charge in [-0.3, -0.25) is 4.72 Å². The van der Waals surface area contributed by atoms with Crippen LogP contribution >= 0.6 is 11.9 Å². The zero-order chi connectivity index (χ0) is 11.1. The summed E-state index contributed by atoms with van der Waals surface area (Å²) in [5.74, 6) is 0. The maximum Gasteiger partial charge on any atom is 0.0310 e. The van der Waals surface area contributed by atoms with E-state index in [1.165, 1.54) is 16.7 Å². The Balaban J connectivity index is 2.78. The van der Waals surface area contributed by atoms with Crippen molar-refractivity contribution in [2.24, 2.45) is 0 Å². The van der Waals surface area contributed by atoms with E-state index in [2.05, 4.69) is 41.2 Å². The molecule has 0 radical (unpaired) electrons. The van der Waals surface area contributed by atoms with Crippen LogP contribution < -0.4 is 10.0 Å². The minimum Gasteiger partial charge on any atom is -0.394 e. The highest BCUT2D eigenvalue weighted by Gasteiger charge is 1.97. The molecule has 0 spiro atoms. The van der Waals surface area contributed by atoms with Crippen molar-refractivity contribution in [2.45, 2.75) is 13.5 Å². The van der Waals surface area contributed by atoms with Crippen molar-refractivity contribution in [3.8, 4) is 0 Å². The highest BCUT2D eigenvalue weighted by Crippen LogP contribution is 2.14. The maximum absolute atomic E-state index is 3.24. The summed E-state index contributed by atoms with van der Waals surface area (Å²) >= 11 is 1.64. The van der Waals surface area contributed by atoms with Gasteiger partial charge in [0.2, 0.25) is 0 Å². The van der Waals surface area contributed by atoms with Gasteiger partial charge in [0.05, 0.1) is 0 Å². The van der Waals surface area contributed by atoms with Gasteiger partial charge >= 0.3 is 0 Å². The average molecular weight is 222 g/mol. The van der Waals surface area contributed by atoms with E-state index < -0.39 is 0 Å². The number of rotatable bonds is 5. The summed E-state index contributed by atoms with van der Waals surface area (Å²) in [5, 5.41) is 3.05. The SMILES string of the molecule is CN/C=C(\C)c1cccc(CNSC)c1. The molecular weight excluding hydrogens is 204 g/mol. The van der Waals surface area contributed by atoms with Crippen molar-refractivity contribution in [1.82, 2.24) is 10.0 Å². The quantitative estimate of drug-likeness (QED) is 0.749. The van der Waals surface area contributed by atoms with Crippen LogP contribution in [0.3, 0.4) is 0 Å². The van der Waals surface area contributed by atoms with E-state index >= 15 is 0 Å². The van der Waals surface area contributed by atoms with E-state index in [4.69, 9.17) is 0 Å². The summed E-state index contributed by atoms with van der Waals surface area (Å²) in [6, 6.07) is 8.58. The van der Waals surface area contributed by atoms with Crippen LogP contribution in [0.2, 0.25) is 0 Å². The summed E-state index contributed by atoms with van der Waals surface area (Å²) in [4.78, 5) is 0. The predicted octanol–water partition coefficient (Wildman–Crippen LogP) is 2.63. The van der Waals surface area contributed by atoms with Crippen molar-refractivity contribution in [2.75, 3.05) is 13.3 Å². The van der Waals surface area contributed by atoms with Gasteiger partial charge in [-0.25, -0.2) is 0 Å². The Morgan fingerprint density at radius 2 is 2.27 bits per heavy atom. The molecule has 0 atom stereocenters. The first kappa shape index (κ1) is 12.1. The van der Waals surface area contributed by atoms with Crippen LogP contribution in [0.15, 0.2) is 30.5 Å².